The van der Waals surface area contributed by atoms with Gasteiger partial charge in [0.2, 0.25) is 5.91 Å². The highest BCUT2D eigenvalue weighted by Gasteiger charge is 2.42. The molecule has 0 spiro atoms. The van der Waals surface area contributed by atoms with Crippen molar-refractivity contribution < 1.29 is 9.59 Å². The third-order valence-corrected chi connectivity index (χ3v) is 7.27. The number of thiophene rings is 1. The fourth-order valence-corrected chi connectivity index (χ4v) is 5.77. The lowest BCUT2D eigenvalue weighted by Gasteiger charge is -2.45. The molecule has 3 aromatic rings. The van der Waals surface area contributed by atoms with Crippen LogP contribution in [0.15, 0.2) is 66.0 Å². The molecular weight excluding hydrogens is 378 g/mol. The summed E-state index contributed by atoms with van der Waals surface area (Å²) in [4.78, 5) is 25.3. The average Bonchev–Trinajstić information content (AvgIpc) is 3.31. The lowest BCUT2D eigenvalue weighted by Crippen LogP contribution is -2.39. The molecule has 1 unspecified atom stereocenters. The van der Waals surface area contributed by atoms with Gasteiger partial charge in [-0.25, -0.2) is 0 Å². The van der Waals surface area contributed by atoms with Crippen LogP contribution in [0, 0.1) is 5.92 Å². The van der Waals surface area contributed by atoms with E-state index < -0.39 is 0 Å². The van der Waals surface area contributed by atoms with Gasteiger partial charge in [-0.15, -0.1) is 11.3 Å². The van der Waals surface area contributed by atoms with E-state index in [2.05, 4.69) is 53.8 Å². The molecule has 2 bridgehead atoms. The molecule has 0 aliphatic heterocycles. The molecule has 3 aliphatic rings. The van der Waals surface area contributed by atoms with Crippen molar-refractivity contribution in [1.82, 2.24) is 5.32 Å². The Hall–Kier alpha value is -2.72. The van der Waals surface area contributed by atoms with Crippen molar-refractivity contribution in [3.05, 3.63) is 93.2 Å². The average molecular weight is 402 g/mol. The topological polar surface area (TPSA) is 46.2 Å². The molecule has 1 heterocycles. The van der Waals surface area contributed by atoms with Crippen LogP contribution in [0.4, 0.5) is 0 Å². The number of hydrogen-bond acceptors (Lipinski definition) is 3. The first-order valence-corrected chi connectivity index (χ1v) is 11.1. The molecule has 29 heavy (non-hydrogen) atoms. The quantitative estimate of drug-likeness (QED) is 0.583. The van der Waals surface area contributed by atoms with Gasteiger partial charge in [-0.2, -0.15) is 0 Å². The number of hydrogen-bond donors (Lipinski definition) is 1. The maximum absolute atomic E-state index is 12.4. The van der Waals surface area contributed by atoms with Gasteiger partial charge in [0.15, 0.2) is 5.78 Å². The van der Waals surface area contributed by atoms with Gasteiger partial charge in [-0.05, 0) is 46.0 Å². The first kappa shape index (κ1) is 18.3. The Labute approximate surface area is 174 Å². The van der Waals surface area contributed by atoms with Gasteiger partial charge in [0.1, 0.15) is 0 Å². The first-order valence-electron chi connectivity index (χ1n) is 10.2. The van der Waals surface area contributed by atoms with E-state index in [1.165, 1.54) is 33.6 Å². The minimum absolute atomic E-state index is 0.0297. The second-order valence-corrected chi connectivity index (χ2v) is 8.94. The number of Topliss-reactive ketones (excluding diaryl/α,β-unsaturated/α-hetero) is 1. The summed E-state index contributed by atoms with van der Waals surface area (Å²) in [6.07, 6.45) is 1.59. The second-order valence-electron chi connectivity index (χ2n) is 7.99. The Morgan fingerprint density at radius 1 is 0.862 bits per heavy atom. The standard InChI is InChI=1S/C25H23NO2S/c27-22(23-10-5-13-29-23)11-12-24(28)26-15-16-14-21-17-6-1-3-8-19(17)25(16)20-9-4-2-7-18(20)21/h1-10,13,16,21,25H,11-12,14-15H2,(H,26,28). The van der Waals surface area contributed by atoms with Crippen molar-refractivity contribution in [2.75, 3.05) is 6.54 Å². The van der Waals surface area contributed by atoms with Gasteiger partial charge < -0.3 is 5.32 Å². The van der Waals surface area contributed by atoms with E-state index in [9.17, 15) is 9.59 Å². The largest absolute Gasteiger partial charge is 0.356 e. The molecule has 146 valence electrons. The number of fused-ring (bicyclic) bond motifs is 1. The summed E-state index contributed by atoms with van der Waals surface area (Å²) in [5.74, 6) is 1.16. The normalized spacial score (nSPS) is 21.3. The van der Waals surface area contributed by atoms with Gasteiger partial charge in [-0.1, -0.05) is 54.6 Å². The van der Waals surface area contributed by atoms with Crippen molar-refractivity contribution in [1.29, 1.82) is 0 Å². The van der Waals surface area contributed by atoms with E-state index in [4.69, 9.17) is 0 Å². The van der Waals surface area contributed by atoms with Crippen molar-refractivity contribution in [2.24, 2.45) is 5.92 Å². The van der Waals surface area contributed by atoms with Crippen LogP contribution in [-0.4, -0.2) is 18.2 Å². The van der Waals surface area contributed by atoms with E-state index in [0.717, 1.165) is 11.3 Å². The van der Waals surface area contributed by atoms with Crippen LogP contribution in [0.2, 0.25) is 0 Å². The minimum Gasteiger partial charge on any atom is -0.356 e. The van der Waals surface area contributed by atoms with Gasteiger partial charge >= 0.3 is 0 Å². The van der Waals surface area contributed by atoms with Crippen LogP contribution >= 0.6 is 11.3 Å². The zero-order valence-electron chi connectivity index (χ0n) is 16.1. The molecule has 0 radical (unpaired) electrons. The highest BCUT2D eigenvalue weighted by atomic mass is 32.1. The Balaban J connectivity index is 1.27. The highest BCUT2D eigenvalue weighted by molar-refractivity contribution is 7.12. The van der Waals surface area contributed by atoms with Gasteiger partial charge in [0.25, 0.3) is 0 Å². The molecular formula is C25H23NO2S. The molecule has 0 saturated heterocycles. The Bertz CT molecular complexity index is 1010. The van der Waals surface area contributed by atoms with Crippen LogP contribution in [-0.2, 0) is 4.79 Å². The number of ketones is 1. The minimum atomic E-state index is -0.0297. The molecule has 3 nitrogen and oxygen atoms in total. The van der Waals surface area contributed by atoms with Crippen LogP contribution in [0.1, 0.15) is 63.0 Å². The van der Waals surface area contributed by atoms with Crippen LogP contribution in [0.3, 0.4) is 0 Å². The highest BCUT2D eigenvalue weighted by Crippen LogP contribution is 2.55. The number of nitrogens with one attached hydrogen (secondary N) is 1. The molecule has 1 aromatic heterocycles. The summed E-state index contributed by atoms with van der Waals surface area (Å²) < 4.78 is 0. The Morgan fingerprint density at radius 3 is 2.14 bits per heavy atom. The van der Waals surface area contributed by atoms with Crippen molar-refractivity contribution in [3.8, 4) is 0 Å². The first-order chi connectivity index (χ1) is 14.2. The summed E-state index contributed by atoms with van der Waals surface area (Å²) in [6.45, 7) is 0.663. The lowest BCUT2D eigenvalue weighted by molar-refractivity contribution is -0.121. The third kappa shape index (κ3) is 3.32. The molecule has 1 atom stereocenters. The van der Waals surface area contributed by atoms with Crippen molar-refractivity contribution >= 4 is 23.0 Å². The molecule has 4 heteroatoms. The number of carbonyl (C=O) groups excluding carboxylic acids is 2. The zero-order valence-corrected chi connectivity index (χ0v) is 17.0. The van der Waals surface area contributed by atoms with Crippen LogP contribution < -0.4 is 5.32 Å². The summed E-state index contributed by atoms with van der Waals surface area (Å²) in [5, 5.41) is 5.00. The predicted octanol–water partition coefficient (Wildman–Crippen LogP) is 5.12. The van der Waals surface area contributed by atoms with E-state index in [-0.39, 0.29) is 24.5 Å². The van der Waals surface area contributed by atoms with E-state index in [1.54, 1.807) is 0 Å². The van der Waals surface area contributed by atoms with E-state index in [1.807, 2.05) is 17.5 Å². The maximum atomic E-state index is 12.4. The van der Waals surface area contributed by atoms with E-state index >= 15 is 0 Å². The number of amides is 1. The summed E-state index contributed by atoms with van der Waals surface area (Å²) >= 11 is 1.43. The molecule has 2 aromatic carbocycles. The van der Waals surface area contributed by atoms with Crippen molar-refractivity contribution in [2.45, 2.75) is 31.1 Å². The Kier molecular flexibility index (Phi) is 4.80. The molecule has 0 fully saturated rings. The molecule has 1 N–H and O–H groups in total. The number of rotatable bonds is 6. The lowest BCUT2D eigenvalue weighted by atomic mass is 9.59. The van der Waals surface area contributed by atoms with Gasteiger partial charge in [-0.3, -0.25) is 9.59 Å². The third-order valence-electron chi connectivity index (χ3n) is 6.36. The molecule has 6 rings (SSSR count). The van der Waals surface area contributed by atoms with Gasteiger partial charge in [0, 0.05) is 31.2 Å². The summed E-state index contributed by atoms with van der Waals surface area (Å²) in [6, 6.07) is 21.2. The smallest absolute Gasteiger partial charge is 0.220 e. The fraction of sp³-hybridized carbons (Fsp3) is 0.280. The fourth-order valence-electron chi connectivity index (χ4n) is 5.08. The molecule has 0 saturated carbocycles. The molecule has 3 aliphatic carbocycles. The number of benzene rings is 2. The van der Waals surface area contributed by atoms with Gasteiger partial charge in [0.05, 0.1) is 4.88 Å². The Morgan fingerprint density at radius 2 is 1.52 bits per heavy atom. The monoisotopic (exact) mass is 401 g/mol. The summed E-state index contributed by atoms with van der Waals surface area (Å²) in [7, 11) is 0. The predicted molar refractivity (Wildman–Crippen MR) is 116 cm³/mol. The summed E-state index contributed by atoms with van der Waals surface area (Å²) in [5.41, 5.74) is 5.71. The van der Waals surface area contributed by atoms with Crippen molar-refractivity contribution in [3.63, 3.8) is 0 Å². The molecule has 1 amide bonds. The second kappa shape index (κ2) is 7.60. The maximum Gasteiger partial charge on any atom is 0.220 e. The van der Waals surface area contributed by atoms with Crippen LogP contribution in [0.25, 0.3) is 0 Å². The van der Waals surface area contributed by atoms with Crippen LogP contribution in [0.5, 0.6) is 0 Å². The SMILES string of the molecule is O=C(CCC(=O)c1cccs1)NCC1CC2c3ccccc3C1c1ccccc12. The zero-order chi connectivity index (χ0) is 19.8. The van der Waals surface area contributed by atoms with E-state index in [0.29, 0.717) is 24.3 Å². The number of carbonyl (C=O) groups is 2.